The van der Waals surface area contributed by atoms with Crippen LogP contribution in [0.3, 0.4) is 0 Å². The molecule has 24 heavy (non-hydrogen) atoms. The Hall–Kier alpha value is -3.07. The molecule has 0 fully saturated rings. The Balaban J connectivity index is 1.80. The summed E-state index contributed by atoms with van der Waals surface area (Å²) >= 11 is 0. The topological polar surface area (TPSA) is 40.7 Å². The van der Waals surface area contributed by atoms with Gasteiger partial charge < -0.3 is 10.3 Å². The van der Waals surface area contributed by atoms with E-state index in [2.05, 4.69) is 76.1 Å². The number of hydrogen-bond acceptors (Lipinski definition) is 2. The first kappa shape index (κ1) is 14.5. The van der Waals surface area contributed by atoms with E-state index in [1.807, 2.05) is 25.3 Å². The van der Waals surface area contributed by atoms with E-state index >= 15 is 0 Å². The molecule has 0 bridgehead atoms. The molecule has 4 aromatic rings. The maximum absolute atomic E-state index is 4.51. The van der Waals surface area contributed by atoms with Crippen molar-refractivity contribution < 1.29 is 0 Å². The van der Waals surface area contributed by atoms with Crippen molar-refractivity contribution in [2.45, 2.75) is 13.0 Å². The van der Waals surface area contributed by atoms with E-state index in [1.54, 1.807) is 0 Å². The number of aryl methyl sites for hydroxylation is 1. The molecule has 4 rings (SSSR count). The van der Waals surface area contributed by atoms with E-state index in [0.29, 0.717) is 0 Å². The van der Waals surface area contributed by atoms with Gasteiger partial charge >= 0.3 is 0 Å². The predicted octanol–water partition coefficient (Wildman–Crippen LogP) is 5.07. The summed E-state index contributed by atoms with van der Waals surface area (Å²) in [6.07, 6.45) is 3.98. The van der Waals surface area contributed by atoms with E-state index < -0.39 is 0 Å². The van der Waals surface area contributed by atoms with Crippen molar-refractivity contribution in [1.29, 1.82) is 0 Å². The Morgan fingerprint density at radius 3 is 2.50 bits per heavy atom. The Morgan fingerprint density at radius 1 is 0.917 bits per heavy atom. The monoisotopic (exact) mass is 313 g/mol. The lowest BCUT2D eigenvalue weighted by Crippen LogP contribution is -2.13. The molecule has 0 aliphatic heterocycles. The Labute approximate surface area is 141 Å². The van der Waals surface area contributed by atoms with Crippen molar-refractivity contribution in [3.8, 4) is 0 Å². The molecule has 0 aliphatic carbocycles. The Bertz CT molecular complexity index is 940. The number of H-pyrrole nitrogens is 1. The molecule has 118 valence electrons. The molecule has 0 spiro atoms. The summed E-state index contributed by atoms with van der Waals surface area (Å²) < 4.78 is 0. The average molecular weight is 313 g/mol. The number of para-hydroxylation sites is 1. The number of aromatic nitrogens is 2. The van der Waals surface area contributed by atoms with E-state index in [-0.39, 0.29) is 6.04 Å². The molecule has 0 radical (unpaired) electrons. The largest absolute Gasteiger partial charge is 0.361 e. The number of benzene rings is 2. The molecular weight excluding hydrogens is 294 g/mol. The van der Waals surface area contributed by atoms with Gasteiger partial charge in [-0.1, -0.05) is 54.6 Å². The number of fused-ring (bicyclic) bond motifs is 1. The molecular formula is C21H19N3. The molecule has 1 unspecified atom stereocenters. The van der Waals surface area contributed by atoms with Gasteiger partial charge in [-0.3, -0.25) is 0 Å². The summed E-state index contributed by atoms with van der Waals surface area (Å²) in [5.74, 6) is 0.875. The predicted molar refractivity (Wildman–Crippen MR) is 99.2 cm³/mol. The molecule has 0 amide bonds. The number of rotatable bonds is 4. The van der Waals surface area contributed by atoms with Crippen LogP contribution in [0.4, 0.5) is 5.82 Å². The third-order valence-corrected chi connectivity index (χ3v) is 4.27. The van der Waals surface area contributed by atoms with Gasteiger partial charge in [0.2, 0.25) is 0 Å². The van der Waals surface area contributed by atoms with Gasteiger partial charge in [-0.05, 0) is 30.2 Å². The average Bonchev–Trinajstić information content (AvgIpc) is 3.06. The zero-order valence-corrected chi connectivity index (χ0v) is 13.5. The SMILES string of the molecule is Cc1ccc(NC(c2ccccc2)c2c[nH]c3ccccc23)nc1. The number of anilines is 1. The summed E-state index contributed by atoms with van der Waals surface area (Å²) in [7, 11) is 0. The van der Waals surface area contributed by atoms with Crippen LogP contribution < -0.4 is 5.32 Å². The molecule has 0 saturated carbocycles. The minimum atomic E-state index is 0.0394. The standard InChI is InChI=1S/C21H19N3/c1-15-11-12-20(23-13-15)24-21(16-7-3-2-4-8-16)18-14-22-19-10-6-5-9-17(18)19/h2-14,21-22H,1H3,(H,23,24). The second-order valence-electron chi connectivity index (χ2n) is 6.00. The van der Waals surface area contributed by atoms with Gasteiger partial charge in [0, 0.05) is 28.9 Å². The molecule has 3 heteroatoms. The van der Waals surface area contributed by atoms with Gasteiger partial charge in [0.25, 0.3) is 0 Å². The van der Waals surface area contributed by atoms with Gasteiger partial charge in [-0.2, -0.15) is 0 Å². The van der Waals surface area contributed by atoms with Gasteiger partial charge in [-0.15, -0.1) is 0 Å². The summed E-state index contributed by atoms with van der Waals surface area (Å²) in [6.45, 7) is 2.05. The van der Waals surface area contributed by atoms with Crippen LogP contribution in [-0.4, -0.2) is 9.97 Å². The fourth-order valence-electron chi connectivity index (χ4n) is 3.02. The molecule has 1 atom stereocenters. The third kappa shape index (κ3) is 2.76. The number of nitrogens with zero attached hydrogens (tertiary/aromatic N) is 1. The van der Waals surface area contributed by atoms with Crippen molar-refractivity contribution in [1.82, 2.24) is 9.97 Å². The lowest BCUT2D eigenvalue weighted by Gasteiger charge is -2.20. The zero-order chi connectivity index (χ0) is 16.4. The number of aromatic amines is 1. The Morgan fingerprint density at radius 2 is 1.71 bits per heavy atom. The smallest absolute Gasteiger partial charge is 0.126 e. The van der Waals surface area contributed by atoms with Crippen molar-refractivity contribution in [2.24, 2.45) is 0 Å². The number of nitrogens with one attached hydrogen (secondary N) is 2. The van der Waals surface area contributed by atoms with Crippen LogP contribution in [0.1, 0.15) is 22.7 Å². The van der Waals surface area contributed by atoms with E-state index in [4.69, 9.17) is 0 Å². The van der Waals surface area contributed by atoms with Crippen LogP contribution in [-0.2, 0) is 0 Å². The third-order valence-electron chi connectivity index (χ3n) is 4.27. The van der Waals surface area contributed by atoms with Crippen LogP contribution in [0.5, 0.6) is 0 Å². The minimum absolute atomic E-state index is 0.0394. The first-order valence-corrected chi connectivity index (χ1v) is 8.11. The lowest BCUT2D eigenvalue weighted by atomic mass is 9.98. The normalized spacial score (nSPS) is 12.2. The lowest BCUT2D eigenvalue weighted by molar-refractivity contribution is 0.934. The van der Waals surface area contributed by atoms with E-state index in [9.17, 15) is 0 Å². The molecule has 3 nitrogen and oxygen atoms in total. The maximum Gasteiger partial charge on any atom is 0.126 e. The highest BCUT2D eigenvalue weighted by atomic mass is 15.0. The molecule has 0 aliphatic rings. The minimum Gasteiger partial charge on any atom is -0.361 e. The van der Waals surface area contributed by atoms with Gasteiger partial charge in [0.05, 0.1) is 6.04 Å². The first-order valence-electron chi connectivity index (χ1n) is 8.11. The molecule has 0 saturated heterocycles. The van der Waals surface area contributed by atoms with Crippen molar-refractivity contribution in [3.63, 3.8) is 0 Å². The van der Waals surface area contributed by atoms with Gasteiger partial charge in [-0.25, -0.2) is 4.98 Å². The zero-order valence-electron chi connectivity index (χ0n) is 13.5. The van der Waals surface area contributed by atoms with Crippen LogP contribution in [0.2, 0.25) is 0 Å². The van der Waals surface area contributed by atoms with Crippen molar-refractivity contribution in [3.05, 3.63) is 95.8 Å². The highest BCUT2D eigenvalue weighted by Gasteiger charge is 2.18. The van der Waals surface area contributed by atoms with E-state index in [0.717, 1.165) is 16.9 Å². The van der Waals surface area contributed by atoms with Crippen LogP contribution in [0, 0.1) is 6.92 Å². The summed E-state index contributed by atoms with van der Waals surface area (Å²) in [5.41, 5.74) is 4.74. The van der Waals surface area contributed by atoms with Crippen molar-refractivity contribution >= 4 is 16.7 Å². The molecule has 2 aromatic heterocycles. The molecule has 2 N–H and O–H groups in total. The van der Waals surface area contributed by atoms with Gasteiger partial charge in [0.1, 0.15) is 5.82 Å². The highest BCUT2D eigenvalue weighted by Crippen LogP contribution is 2.31. The second-order valence-corrected chi connectivity index (χ2v) is 6.00. The fraction of sp³-hybridized carbons (Fsp3) is 0.0952. The van der Waals surface area contributed by atoms with Crippen molar-refractivity contribution in [2.75, 3.05) is 5.32 Å². The summed E-state index contributed by atoms with van der Waals surface area (Å²) in [4.78, 5) is 7.89. The van der Waals surface area contributed by atoms with E-state index in [1.165, 1.54) is 16.5 Å². The van der Waals surface area contributed by atoms with Crippen LogP contribution in [0.15, 0.2) is 79.1 Å². The molecule has 2 heterocycles. The fourth-order valence-corrected chi connectivity index (χ4v) is 3.02. The first-order chi connectivity index (χ1) is 11.8. The van der Waals surface area contributed by atoms with Crippen LogP contribution >= 0.6 is 0 Å². The highest BCUT2D eigenvalue weighted by molar-refractivity contribution is 5.84. The number of pyridine rings is 1. The maximum atomic E-state index is 4.51. The summed E-state index contributed by atoms with van der Waals surface area (Å²) in [5, 5.41) is 4.81. The second kappa shape index (κ2) is 6.20. The molecule has 2 aromatic carbocycles. The Kier molecular flexibility index (Phi) is 3.75. The van der Waals surface area contributed by atoms with Crippen LogP contribution in [0.25, 0.3) is 10.9 Å². The van der Waals surface area contributed by atoms with Gasteiger partial charge in [0.15, 0.2) is 0 Å². The number of hydrogen-bond donors (Lipinski definition) is 2. The quantitative estimate of drug-likeness (QED) is 0.552. The summed E-state index contributed by atoms with van der Waals surface area (Å²) in [6, 6.07) is 23.0.